The fourth-order valence-electron chi connectivity index (χ4n) is 1.35. The molecule has 0 aromatic heterocycles. The summed E-state index contributed by atoms with van der Waals surface area (Å²) in [6.07, 6.45) is 0. The molecule has 1 aromatic carbocycles. The fraction of sp³-hybridized carbons (Fsp3) is 0.400. The molecule has 3 heteroatoms. The lowest BCUT2D eigenvalue weighted by atomic mass is 10.1. The third kappa shape index (κ3) is 3.38. The number of benzene rings is 1. The molecule has 1 aromatic rings. The lowest BCUT2D eigenvalue weighted by Crippen LogP contribution is -2.10. The molecular formula is C10H16N2S. The average Bonchev–Trinajstić information content (AvgIpc) is 2.01. The summed E-state index contributed by atoms with van der Waals surface area (Å²) in [6, 6.07) is 6.43. The molecule has 0 aliphatic heterocycles. The summed E-state index contributed by atoms with van der Waals surface area (Å²) in [5.41, 5.74) is 2.59. The van der Waals surface area contributed by atoms with E-state index in [0.29, 0.717) is 0 Å². The molecule has 1 rings (SSSR count). The van der Waals surface area contributed by atoms with Gasteiger partial charge in [-0.15, -0.1) is 0 Å². The van der Waals surface area contributed by atoms with E-state index in [-0.39, 0.29) is 0 Å². The summed E-state index contributed by atoms with van der Waals surface area (Å²) < 4.78 is 0. The van der Waals surface area contributed by atoms with Crippen molar-refractivity contribution in [2.75, 3.05) is 14.1 Å². The maximum Gasteiger partial charge on any atom is 0.0231 e. The van der Waals surface area contributed by atoms with Crippen molar-refractivity contribution in [1.82, 2.24) is 4.90 Å². The zero-order chi connectivity index (χ0) is 9.84. The smallest absolute Gasteiger partial charge is 0.0231 e. The van der Waals surface area contributed by atoms with Crippen molar-refractivity contribution in [3.8, 4) is 0 Å². The van der Waals surface area contributed by atoms with E-state index in [2.05, 4.69) is 44.1 Å². The van der Waals surface area contributed by atoms with Gasteiger partial charge in [0.05, 0.1) is 0 Å². The molecule has 0 radical (unpaired) electrons. The van der Waals surface area contributed by atoms with Gasteiger partial charge in [-0.2, -0.15) is 0 Å². The molecule has 0 aliphatic rings. The van der Waals surface area contributed by atoms with Crippen LogP contribution in [0.4, 0.5) is 0 Å². The monoisotopic (exact) mass is 196 g/mol. The van der Waals surface area contributed by atoms with Crippen LogP contribution in [-0.4, -0.2) is 19.0 Å². The molecule has 0 amide bonds. The van der Waals surface area contributed by atoms with Gasteiger partial charge in [0, 0.05) is 11.4 Å². The Morgan fingerprint density at radius 3 is 2.54 bits per heavy atom. The molecule has 0 atom stereocenters. The van der Waals surface area contributed by atoms with E-state index in [1.54, 1.807) is 0 Å². The SMILES string of the molecule is Cc1cc(CN(C)C)cc(SN)c1. The summed E-state index contributed by atoms with van der Waals surface area (Å²) in [7, 11) is 4.13. The van der Waals surface area contributed by atoms with Crippen LogP contribution in [0.15, 0.2) is 23.1 Å². The standard InChI is InChI=1S/C10H16N2S/c1-8-4-9(7-12(2)3)6-10(5-8)13-11/h4-6H,7,11H2,1-3H3. The van der Waals surface area contributed by atoms with Gasteiger partial charge in [-0.05, 0) is 56.2 Å². The first-order valence-corrected chi connectivity index (χ1v) is 5.12. The van der Waals surface area contributed by atoms with Gasteiger partial charge in [-0.1, -0.05) is 6.07 Å². The van der Waals surface area contributed by atoms with Crippen LogP contribution in [-0.2, 0) is 6.54 Å². The first-order chi connectivity index (χ1) is 6.11. The molecule has 13 heavy (non-hydrogen) atoms. The molecule has 0 spiro atoms. The predicted molar refractivity (Wildman–Crippen MR) is 58.6 cm³/mol. The zero-order valence-corrected chi connectivity index (χ0v) is 9.19. The van der Waals surface area contributed by atoms with Crippen LogP contribution in [0.5, 0.6) is 0 Å². The van der Waals surface area contributed by atoms with Gasteiger partial charge in [-0.25, -0.2) is 0 Å². The minimum absolute atomic E-state index is 0.967. The Bertz CT molecular complexity index is 284. The molecular weight excluding hydrogens is 180 g/mol. The maximum atomic E-state index is 5.52. The fourth-order valence-corrected chi connectivity index (χ4v) is 1.82. The normalized spacial score (nSPS) is 10.8. The van der Waals surface area contributed by atoms with E-state index >= 15 is 0 Å². The van der Waals surface area contributed by atoms with Crippen molar-refractivity contribution in [2.45, 2.75) is 18.4 Å². The van der Waals surface area contributed by atoms with Gasteiger partial charge >= 0.3 is 0 Å². The van der Waals surface area contributed by atoms with Crippen molar-refractivity contribution in [1.29, 1.82) is 0 Å². The van der Waals surface area contributed by atoms with Crippen LogP contribution in [0.1, 0.15) is 11.1 Å². The Morgan fingerprint density at radius 1 is 1.31 bits per heavy atom. The van der Waals surface area contributed by atoms with Crippen LogP contribution < -0.4 is 5.14 Å². The number of nitrogens with zero attached hydrogens (tertiary/aromatic N) is 1. The number of hydrogen-bond acceptors (Lipinski definition) is 3. The molecule has 2 N–H and O–H groups in total. The zero-order valence-electron chi connectivity index (χ0n) is 8.37. The van der Waals surface area contributed by atoms with Crippen LogP contribution in [0, 0.1) is 6.92 Å². The van der Waals surface area contributed by atoms with Crippen LogP contribution in [0.3, 0.4) is 0 Å². The molecule has 0 fully saturated rings. The first kappa shape index (κ1) is 10.6. The lowest BCUT2D eigenvalue weighted by Gasteiger charge is -2.11. The average molecular weight is 196 g/mol. The topological polar surface area (TPSA) is 29.3 Å². The molecule has 0 saturated heterocycles. The molecule has 0 saturated carbocycles. The number of hydrogen-bond donors (Lipinski definition) is 1. The van der Waals surface area contributed by atoms with Crippen molar-refractivity contribution in [3.63, 3.8) is 0 Å². The third-order valence-electron chi connectivity index (χ3n) is 1.75. The first-order valence-electron chi connectivity index (χ1n) is 4.24. The molecule has 0 heterocycles. The highest BCUT2D eigenvalue weighted by molar-refractivity contribution is 7.97. The summed E-state index contributed by atoms with van der Waals surface area (Å²) >= 11 is 1.31. The second kappa shape index (κ2) is 4.65. The summed E-state index contributed by atoms with van der Waals surface area (Å²) in [5.74, 6) is 0. The van der Waals surface area contributed by atoms with Crippen molar-refractivity contribution in [3.05, 3.63) is 29.3 Å². The largest absolute Gasteiger partial charge is 0.305 e. The number of aryl methyl sites for hydroxylation is 1. The second-order valence-electron chi connectivity index (χ2n) is 3.51. The highest BCUT2D eigenvalue weighted by Gasteiger charge is 1.99. The van der Waals surface area contributed by atoms with Crippen molar-refractivity contribution in [2.24, 2.45) is 5.14 Å². The number of nitrogens with two attached hydrogens (primary N) is 1. The van der Waals surface area contributed by atoms with E-state index in [9.17, 15) is 0 Å². The Morgan fingerprint density at radius 2 is 2.00 bits per heavy atom. The molecule has 0 unspecified atom stereocenters. The van der Waals surface area contributed by atoms with Crippen LogP contribution in [0.2, 0.25) is 0 Å². The molecule has 72 valence electrons. The van der Waals surface area contributed by atoms with Gasteiger partial charge in [0.15, 0.2) is 0 Å². The van der Waals surface area contributed by atoms with E-state index in [4.69, 9.17) is 5.14 Å². The van der Waals surface area contributed by atoms with E-state index in [1.807, 2.05) is 0 Å². The third-order valence-corrected chi connectivity index (χ3v) is 2.25. The highest BCUT2D eigenvalue weighted by Crippen LogP contribution is 2.17. The van der Waals surface area contributed by atoms with Crippen molar-refractivity contribution < 1.29 is 0 Å². The maximum absolute atomic E-state index is 5.52. The Labute approximate surface area is 84.2 Å². The predicted octanol–water partition coefficient (Wildman–Crippen LogP) is 2.02. The Balaban J connectivity index is 2.88. The van der Waals surface area contributed by atoms with Crippen molar-refractivity contribution >= 4 is 11.9 Å². The summed E-state index contributed by atoms with van der Waals surface area (Å²) in [5, 5.41) is 5.52. The van der Waals surface area contributed by atoms with Gasteiger partial charge < -0.3 is 4.90 Å². The summed E-state index contributed by atoms with van der Waals surface area (Å²) in [6.45, 7) is 3.06. The molecule has 2 nitrogen and oxygen atoms in total. The van der Waals surface area contributed by atoms with Gasteiger partial charge in [0.2, 0.25) is 0 Å². The minimum Gasteiger partial charge on any atom is -0.305 e. The van der Waals surface area contributed by atoms with Crippen LogP contribution >= 0.6 is 11.9 Å². The van der Waals surface area contributed by atoms with Crippen LogP contribution in [0.25, 0.3) is 0 Å². The number of rotatable bonds is 3. The van der Waals surface area contributed by atoms with E-state index in [1.165, 1.54) is 23.1 Å². The Kier molecular flexibility index (Phi) is 3.78. The van der Waals surface area contributed by atoms with E-state index < -0.39 is 0 Å². The Hall–Kier alpha value is -0.510. The minimum atomic E-state index is 0.967. The quantitative estimate of drug-likeness (QED) is 0.750. The van der Waals surface area contributed by atoms with Gasteiger partial charge in [0.1, 0.15) is 0 Å². The molecule has 0 bridgehead atoms. The van der Waals surface area contributed by atoms with E-state index in [0.717, 1.165) is 11.4 Å². The van der Waals surface area contributed by atoms with Gasteiger partial charge in [-0.3, -0.25) is 5.14 Å². The van der Waals surface area contributed by atoms with Gasteiger partial charge in [0.25, 0.3) is 0 Å². The highest BCUT2D eigenvalue weighted by atomic mass is 32.2. The molecule has 0 aliphatic carbocycles. The lowest BCUT2D eigenvalue weighted by molar-refractivity contribution is 0.402. The summed E-state index contributed by atoms with van der Waals surface area (Å²) in [4.78, 5) is 3.29. The second-order valence-corrected chi connectivity index (χ2v) is 4.22.